The van der Waals surface area contributed by atoms with Gasteiger partial charge in [-0.15, -0.1) is 0 Å². The first-order chi connectivity index (χ1) is 11.1. The third-order valence-corrected chi connectivity index (χ3v) is 4.00. The van der Waals surface area contributed by atoms with Crippen LogP contribution in [0.25, 0.3) is 0 Å². The van der Waals surface area contributed by atoms with Gasteiger partial charge in [0.25, 0.3) is 0 Å². The highest BCUT2D eigenvalue weighted by Gasteiger charge is 2.08. The number of amides is 1. The Morgan fingerprint density at radius 1 is 1.17 bits per heavy atom. The number of carbonyl (C=O) groups is 1. The van der Waals surface area contributed by atoms with Gasteiger partial charge < -0.3 is 10.6 Å². The van der Waals surface area contributed by atoms with Crippen molar-refractivity contribution in [2.24, 2.45) is 0 Å². The van der Waals surface area contributed by atoms with Crippen molar-refractivity contribution in [3.8, 4) is 0 Å². The van der Waals surface area contributed by atoms with Crippen LogP contribution in [-0.2, 0) is 17.6 Å². The van der Waals surface area contributed by atoms with Gasteiger partial charge in [0.1, 0.15) is 0 Å². The van der Waals surface area contributed by atoms with Gasteiger partial charge >= 0.3 is 0 Å². The molecule has 0 atom stereocenters. The van der Waals surface area contributed by atoms with Crippen molar-refractivity contribution < 1.29 is 4.79 Å². The second-order valence-electron chi connectivity index (χ2n) is 5.57. The minimum absolute atomic E-state index is 0.0138. The molecule has 122 valence electrons. The van der Waals surface area contributed by atoms with E-state index in [1.807, 2.05) is 43.3 Å². The van der Waals surface area contributed by atoms with Crippen molar-refractivity contribution in [1.29, 1.82) is 0 Å². The summed E-state index contributed by atoms with van der Waals surface area (Å²) >= 11 is 5.96. The van der Waals surface area contributed by atoms with Gasteiger partial charge in [-0.2, -0.15) is 0 Å². The molecule has 2 N–H and O–H groups in total. The van der Waals surface area contributed by atoms with Gasteiger partial charge in [0.05, 0.1) is 6.54 Å². The Labute approximate surface area is 143 Å². The maximum absolute atomic E-state index is 12.1. The van der Waals surface area contributed by atoms with Crippen molar-refractivity contribution in [2.75, 3.05) is 18.4 Å². The molecule has 0 aliphatic heterocycles. The van der Waals surface area contributed by atoms with Gasteiger partial charge in [-0.3, -0.25) is 4.79 Å². The normalized spacial score (nSPS) is 10.6. The maximum atomic E-state index is 12.1. The number of nitrogens with one attached hydrogen (secondary N) is 2. The number of para-hydroxylation sites is 1. The number of anilines is 1. The van der Waals surface area contributed by atoms with E-state index >= 15 is 0 Å². The molecule has 0 aromatic heterocycles. The van der Waals surface area contributed by atoms with E-state index in [4.69, 9.17) is 11.6 Å². The molecule has 0 heterocycles. The number of aryl methyl sites for hydroxylation is 2. The number of hydrogen-bond acceptors (Lipinski definition) is 2. The van der Waals surface area contributed by atoms with Crippen molar-refractivity contribution in [3.05, 3.63) is 64.2 Å². The molecule has 0 bridgehead atoms. The molecule has 1 amide bonds. The van der Waals surface area contributed by atoms with E-state index in [1.165, 1.54) is 0 Å². The Hall–Kier alpha value is -1.84. The molecule has 2 aromatic carbocycles. The lowest BCUT2D eigenvalue weighted by atomic mass is 10.1. The average Bonchev–Trinajstić information content (AvgIpc) is 2.53. The number of benzene rings is 2. The predicted octanol–water partition coefficient (Wildman–Crippen LogP) is 3.98. The van der Waals surface area contributed by atoms with Crippen LogP contribution >= 0.6 is 11.6 Å². The lowest BCUT2D eigenvalue weighted by Crippen LogP contribution is -2.30. The molecular formula is C19H23ClN2O. The van der Waals surface area contributed by atoms with Crippen LogP contribution in [0.3, 0.4) is 0 Å². The van der Waals surface area contributed by atoms with Crippen LogP contribution in [-0.4, -0.2) is 19.0 Å². The summed E-state index contributed by atoms with van der Waals surface area (Å²) in [4.78, 5) is 12.1. The van der Waals surface area contributed by atoms with Gasteiger partial charge in [-0.05, 0) is 55.1 Å². The molecular weight excluding hydrogens is 308 g/mol. The average molecular weight is 331 g/mol. The number of carbonyl (C=O) groups excluding carboxylic acids is 1. The van der Waals surface area contributed by atoms with Crippen LogP contribution in [0.1, 0.15) is 23.6 Å². The molecule has 0 saturated carbocycles. The fraction of sp³-hybridized carbons (Fsp3) is 0.316. The Bertz CT molecular complexity index is 670. The lowest BCUT2D eigenvalue weighted by Gasteiger charge is -2.13. The zero-order valence-corrected chi connectivity index (χ0v) is 14.4. The fourth-order valence-corrected chi connectivity index (χ4v) is 2.73. The zero-order valence-electron chi connectivity index (χ0n) is 13.7. The number of hydrogen-bond donors (Lipinski definition) is 2. The molecule has 0 aliphatic carbocycles. The van der Waals surface area contributed by atoms with Crippen LogP contribution in [0, 0.1) is 6.92 Å². The van der Waals surface area contributed by atoms with E-state index in [2.05, 4.69) is 23.6 Å². The Morgan fingerprint density at radius 3 is 2.70 bits per heavy atom. The monoisotopic (exact) mass is 330 g/mol. The van der Waals surface area contributed by atoms with Crippen LogP contribution in [0.15, 0.2) is 42.5 Å². The van der Waals surface area contributed by atoms with Gasteiger partial charge in [0.2, 0.25) is 5.91 Å². The van der Waals surface area contributed by atoms with Crippen LogP contribution in [0.4, 0.5) is 5.69 Å². The fourth-order valence-electron chi connectivity index (χ4n) is 2.51. The Balaban J connectivity index is 1.80. The van der Waals surface area contributed by atoms with E-state index in [0.717, 1.165) is 46.8 Å². The quantitative estimate of drug-likeness (QED) is 0.754. The largest absolute Gasteiger partial charge is 0.324 e. The van der Waals surface area contributed by atoms with Crippen molar-refractivity contribution in [3.63, 3.8) is 0 Å². The number of halogens is 1. The van der Waals surface area contributed by atoms with Gasteiger partial charge in [-0.1, -0.05) is 48.9 Å². The standard InChI is InChI=1S/C19H23ClN2O/c1-3-16-8-4-6-14(2)19(16)22-18(23)13-21-11-10-15-7-5-9-17(20)12-15/h4-9,12,21H,3,10-11,13H2,1-2H3,(H,22,23). The summed E-state index contributed by atoms with van der Waals surface area (Å²) in [5.41, 5.74) is 4.36. The second kappa shape index (κ2) is 8.70. The van der Waals surface area contributed by atoms with Crippen molar-refractivity contribution >= 4 is 23.2 Å². The summed E-state index contributed by atoms with van der Waals surface area (Å²) in [7, 11) is 0. The van der Waals surface area contributed by atoms with Crippen LogP contribution < -0.4 is 10.6 Å². The summed E-state index contributed by atoms with van der Waals surface area (Å²) in [5.74, 6) is -0.0138. The summed E-state index contributed by atoms with van der Waals surface area (Å²) in [5, 5.41) is 6.93. The molecule has 2 rings (SSSR count). The van der Waals surface area contributed by atoms with E-state index in [1.54, 1.807) is 0 Å². The highest BCUT2D eigenvalue weighted by atomic mass is 35.5. The minimum Gasteiger partial charge on any atom is -0.324 e. The third kappa shape index (κ3) is 5.38. The van der Waals surface area contributed by atoms with E-state index in [9.17, 15) is 4.79 Å². The molecule has 0 aliphatic rings. The lowest BCUT2D eigenvalue weighted by molar-refractivity contribution is -0.115. The SMILES string of the molecule is CCc1cccc(C)c1NC(=O)CNCCc1cccc(Cl)c1. The molecule has 2 aromatic rings. The Kier molecular flexibility index (Phi) is 6.63. The molecule has 0 saturated heterocycles. The van der Waals surface area contributed by atoms with Crippen molar-refractivity contribution in [1.82, 2.24) is 5.32 Å². The van der Waals surface area contributed by atoms with E-state index in [-0.39, 0.29) is 5.91 Å². The smallest absolute Gasteiger partial charge is 0.238 e. The molecule has 0 radical (unpaired) electrons. The molecule has 23 heavy (non-hydrogen) atoms. The minimum atomic E-state index is -0.0138. The van der Waals surface area contributed by atoms with Crippen molar-refractivity contribution in [2.45, 2.75) is 26.7 Å². The predicted molar refractivity (Wildman–Crippen MR) is 97.2 cm³/mol. The topological polar surface area (TPSA) is 41.1 Å². The van der Waals surface area contributed by atoms with Gasteiger partial charge in [0.15, 0.2) is 0 Å². The first-order valence-electron chi connectivity index (χ1n) is 7.93. The summed E-state index contributed by atoms with van der Waals surface area (Å²) < 4.78 is 0. The summed E-state index contributed by atoms with van der Waals surface area (Å²) in [6, 6.07) is 13.9. The van der Waals surface area contributed by atoms with Gasteiger partial charge in [0, 0.05) is 10.7 Å². The van der Waals surface area contributed by atoms with Gasteiger partial charge in [-0.25, -0.2) is 0 Å². The summed E-state index contributed by atoms with van der Waals surface area (Å²) in [6.07, 6.45) is 1.75. The first kappa shape index (κ1) is 17.5. The molecule has 0 fully saturated rings. The molecule has 3 nitrogen and oxygen atoms in total. The first-order valence-corrected chi connectivity index (χ1v) is 8.31. The molecule has 0 spiro atoms. The van der Waals surface area contributed by atoms with Crippen LogP contribution in [0.5, 0.6) is 0 Å². The summed E-state index contributed by atoms with van der Waals surface area (Å²) in [6.45, 7) is 5.15. The highest BCUT2D eigenvalue weighted by molar-refractivity contribution is 6.30. The van der Waals surface area contributed by atoms with E-state index in [0.29, 0.717) is 6.54 Å². The maximum Gasteiger partial charge on any atom is 0.238 e. The zero-order chi connectivity index (χ0) is 16.7. The molecule has 0 unspecified atom stereocenters. The van der Waals surface area contributed by atoms with E-state index < -0.39 is 0 Å². The second-order valence-corrected chi connectivity index (χ2v) is 6.00. The highest BCUT2D eigenvalue weighted by Crippen LogP contribution is 2.20. The number of rotatable bonds is 7. The Morgan fingerprint density at radius 2 is 1.96 bits per heavy atom. The third-order valence-electron chi connectivity index (χ3n) is 3.77. The molecule has 4 heteroatoms. The van der Waals surface area contributed by atoms with Crippen LogP contribution in [0.2, 0.25) is 5.02 Å².